The molecule has 2 nitrogen and oxygen atoms in total. The summed E-state index contributed by atoms with van der Waals surface area (Å²) >= 11 is 0. The van der Waals surface area contributed by atoms with Gasteiger partial charge in [0.2, 0.25) is 0 Å². The number of para-hydroxylation sites is 1. The average molecular weight is 560 g/mol. The number of hydrogen-bond donors (Lipinski definition) is 0. The van der Waals surface area contributed by atoms with Crippen LogP contribution in [0.4, 0.5) is 11.4 Å². The predicted molar refractivity (Wildman–Crippen MR) is 167 cm³/mol. The zero-order valence-electron chi connectivity index (χ0n) is 24.4. The van der Waals surface area contributed by atoms with Crippen molar-refractivity contribution in [1.82, 2.24) is 0 Å². The number of unbranched alkanes of at least 4 members (excludes halogenated alkanes) is 12. The first-order valence-electron chi connectivity index (χ1n) is 15.2. The molecular weight excluding hydrogens is 507 g/mol. The average Bonchev–Trinajstić information content (AvgIpc) is 2.93. The van der Waals surface area contributed by atoms with Gasteiger partial charge in [-0.1, -0.05) is 134 Å². The maximum Gasteiger partial charge on any atom is 0.0639 e. The van der Waals surface area contributed by atoms with E-state index in [0.717, 1.165) is 54.9 Å². The summed E-state index contributed by atoms with van der Waals surface area (Å²) in [4.78, 5) is 10.0. The van der Waals surface area contributed by atoms with Crippen LogP contribution < -0.4 is 0 Å². The van der Waals surface area contributed by atoms with Crippen molar-refractivity contribution in [2.45, 2.75) is 124 Å². The van der Waals surface area contributed by atoms with Crippen LogP contribution in [0.3, 0.4) is 0 Å². The molecule has 2 aromatic rings. The van der Waals surface area contributed by atoms with Crippen molar-refractivity contribution >= 4 is 28.9 Å². The number of hydrogen-bond acceptors (Lipinski definition) is 2. The van der Waals surface area contributed by atoms with Crippen LogP contribution in [0.5, 0.6) is 0 Å². The summed E-state index contributed by atoms with van der Waals surface area (Å²) < 4.78 is 0. The van der Waals surface area contributed by atoms with Crippen LogP contribution in [-0.4, -0.2) is 11.4 Å². The third-order valence-corrected chi connectivity index (χ3v) is 6.87. The van der Waals surface area contributed by atoms with Crippen LogP contribution in [0.15, 0.2) is 70.7 Å². The first kappa shape index (κ1) is 34.0. The Kier molecular flexibility index (Phi) is 20.6. The molecule has 0 saturated heterocycles. The van der Waals surface area contributed by atoms with Gasteiger partial charge in [-0.2, -0.15) is 0 Å². The predicted octanol–water partition coefficient (Wildman–Crippen LogP) is 11.8. The van der Waals surface area contributed by atoms with Crippen molar-refractivity contribution in [1.29, 1.82) is 0 Å². The van der Waals surface area contributed by atoms with E-state index in [4.69, 9.17) is 9.98 Å². The molecule has 0 saturated carbocycles. The molecule has 0 aliphatic carbocycles. The maximum absolute atomic E-state index is 5.09. The molecule has 2 rings (SSSR count). The molecule has 0 unspecified atom stereocenters. The zero-order chi connectivity index (χ0) is 26.4. The summed E-state index contributed by atoms with van der Waals surface area (Å²) in [6.45, 7) is 6.70. The molecule has 0 radical (unpaired) electrons. The van der Waals surface area contributed by atoms with Crippen molar-refractivity contribution in [3.05, 3.63) is 66.2 Å². The van der Waals surface area contributed by atoms with Crippen LogP contribution >= 0.6 is 0 Å². The number of benzene rings is 2. The molecule has 0 aliphatic heterocycles. The van der Waals surface area contributed by atoms with Crippen LogP contribution in [0.2, 0.25) is 0 Å². The van der Waals surface area contributed by atoms with Gasteiger partial charge in [-0.3, -0.25) is 9.98 Å². The first-order chi connectivity index (χ1) is 18.3. The second-order valence-electron chi connectivity index (χ2n) is 10.2. The Hall–Kier alpha value is -1.99. The third kappa shape index (κ3) is 15.4. The Morgan fingerprint density at radius 3 is 1.82 bits per heavy atom. The van der Waals surface area contributed by atoms with Gasteiger partial charge in [0, 0.05) is 16.5 Å². The molecule has 38 heavy (non-hydrogen) atoms. The van der Waals surface area contributed by atoms with Crippen LogP contribution in [0.25, 0.3) is 6.08 Å². The van der Waals surface area contributed by atoms with E-state index in [1.165, 1.54) is 76.2 Å². The number of aliphatic imine (C=N–C) groups is 2. The van der Waals surface area contributed by atoms with Crippen molar-refractivity contribution in [3.63, 3.8) is 0 Å². The van der Waals surface area contributed by atoms with Gasteiger partial charge in [0.25, 0.3) is 0 Å². The van der Waals surface area contributed by atoms with Gasteiger partial charge in [-0.05, 0) is 61.9 Å². The minimum absolute atomic E-state index is 0. The quantitative estimate of drug-likeness (QED) is 0.0876. The molecule has 0 heterocycles. The molecule has 0 bridgehead atoms. The van der Waals surface area contributed by atoms with Gasteiger partial charge in [-0.15, -0.1) is 0 Å². The zero-order valence-corrected chi connectivity index (χ0v) is 25.4. The molecule has 212 valence electrons. The van der Waals surface area contributed by atoms with Gasteiger partial charge >= 0.3 is 0 Å². The number of rotatable bonds is 20. The maximum atomic E-state index is 5.09. The van der Waals surface area contributed by atoms with Gasteiger partial charge in [0.05, 0.1) is 22.8 Å². The molecule has 0 fully saturated rings. The van der Waals surface area contributed by atoms with E-state index in [1.54, 1.807) is 0 Å². The van der Waals surface area contributed by atoms with E-state index in [-0.39, 0.29) is 16.5 Å². The molecule has 0 spiro atoms. The minimum atomic E-state index is 0. The van der Waals surface area contributed by atoms with E-state index in [0.29, 0.717) is 0 Å². The van der Waals surface area contributed by atoms with Gasteiger partial charge in [0.1, 0.15) is 0 Å². The Labute approximate surface area is 244 Å². The topological polar surface area (TPSA) is 24.7 Å². The van der Waals surface area contributed by atoms with Crippen molar-refractivity contribution in [2.24, 2.45) is 9.98 Å². The molecule has 0 aliphatic rings. The standard InChI is InChI=1S/C35H52N2.Ni/c1-4-7-9-10-11-12-13-14-15-16-17-18-20-24-31-25-23-28-33(30-31)37-35(29-8-5-2)34(6-3)36-32-26-21-19-22-27-32;/h19-28,30H,4-18,29H2,1-3H3;. The first-order valence-corrected chi connectivity index (χ1v) is 15.2. The fourth-order valence-electron chi connectivity index (χ4n) is 4.61. The Bertz CT molecular complexity index is 930. The van der Waals surface area contributed by atoms with Crippen molar-refractivity contribution in [2.75, 3.05) is 0 Å². The number of nitrogens with zero attached hydrogens (tertiary/aromatic N) is 2. The summed E-state index contributed by atoms with van der Waals surface area (Å²) in [6.07, 6.45) is 25.3. The van der Waals surface area contributed by atoms with Gasteiger partial charge in [-0.25, -0.2) is 0 Å². The Morgan fingerprint density at radius 1 is 0.605 bits per heavy atom. The fourth-order valence-corrected chi connectivity index (χ4v) is 4.61. The van der Waals surface area contributed by atoms with Gasteiger partial charge in [0.15, 0.2) is 0 Å². The van der Waals surface area contributed by atoms with E-state index in [2.05, 4.69) is 69.3 Å². The monoisotopic (exact) mass is 558 g/mol. The molecule has 0 aromatic heterocycles. The minimum Gasteiger partial charge on any atom is -0.252 e. The molecule has 0 N–H and O–H groups in total. The molecule has 2 aromatic carbocycles. The van der Waals surface area contributed by atoms with Crippen LogP contribution in [0.1, 0.15) is 129 Å². The smallest absolute Gasteiger partial charge is 0.0639 e. The number of allylic oxidation sites excluding steroid dienone is 1. The SMILES string of the molecule is CCCCCCCCCCCCCC=Cc1cccc(N=C(CCCC)C(CC)=Nc2ccccc2)c1.[Ni]. The van der Waals surface area contributed by atoms with E-state index in [1.807, 2.05) is 18.2 Å². The van der Waals surface area contributed by atoms with E-state index >= 15 is 0 Å². The Balaban J connectivity index is 0.00000722. The largest absolute Gasteiger partial charge is 0.252 e. The molecular formula is C35H52N2Ni. The third-order valence-electron chi connectivity index (χ3n) is 6.87. The fraction of sp³-hybridized carbons (Fsp3) is 0.543. The van der Waals surface area contributed by atoms with E-state index < -0.39 is 0 Å². The van der Waals surface area contributed by atoms with Crippen LogP contribution in [0, 0.1) is 0 Å². The van der Waals surface area contributed by atoms with Crippen molar-refractivity contribution in [3.8, 4) is 0 Å². The summed E-state index contributed by atoms with van der Waals surface area (Å²) in [7, 11) is 0. The molecule has 0 atom stereocenters. The van der Waals surface area contributed by atoms with Crippen molar-refractivity contribution < 1.29 is 16.5 Å². The van der Waals surface area contributed by atoms with Gasteiger partial charge < -0.3 is 0 Å². The summed E-state index contributed by atoms with van der Waals surface area (Å²) in [5.74, 6) is 0. The van der Waals surface area contributed by atoms with Crippen LogP contribution in [-0.2, 0) is 16.5 Å². The summed E-state index contributed by atoms with van der Waals surface area (Å²) in [6, 6.07) is 18.9. The molecule has 0 amide bonds. The molecule has 3 heteroatoms. The Morgan fingerprint density at radius 2 is 1.18 bits per heavy atom. The van der Waals surface area contributed by atoms with E-state index in [9.17, 15) is 0 Å². The summed E-state index contributed by atoms with van der Waals surface area (Å²) in [5, 5.41) is 0. The summed E-state index contributed by atoms with van der Waals surface area (Å²) in [5.41, 5.74) is 5.48. The second-order valence-corrected chi connectivity index (χ2v) is 10.2. The second kappa shape index (κ2) is 22.9. The normalized spacial score (nSPS) is 12.2.